The Morgan fingerprint density at radius 2 is 1.93 bits per heavy atom. The molecular weight excluding hydrogens is 391 g/mol. The van der Waals surface area contributed by atoms with Gasteiger partial charge < -0.3 is 15.4 Å². The molecule has 0 radical (unpaired) electrons. The number of hydrogen-bond acceptors (Lipinski definition) is 4. The van der Waals surface area contributed by atoms with Crippen LogP contribution >= 0.6 is 11.3 Å². The fraction of sp³-hybridized carbons (Fsp3) is 0.182. The highest BCUT2D eigenvalue weighted by Gasteiger charge is 2.34. The van der Waals surface area contributed by atoms with Gasteiger partial charge in [0.05, 0.1) is 22.7 Å². The van der Waals surface area contributed by atoms with Gasteiger partial charge in [0.25, 0.3) is 5.91 Å². The predicted octanol–water partition coefficient (Wildman–Crippen LogP) is 4.93. The Bertz CT molecular complexity index is 1110. The van der Waals surface area contributed by atoms with Crippen LogP contribution in [0.1, 0.15) is 38.7 Å². The van der Waals surface area contributed by atoms with Crippen molar-refractivity contribution < 1.29 is 18.7 Å². The molecule has 29 heavy (non-hydrogen) atoms. The zero-order valence-electron chi connectivity index (χ0n) is 15.9. The summed E-state index contributed by atoms with van der Waals surface area (Å²) in [5.74, 6) is -0.543. The van der Waals surface area contributed by atoms with Gasteiger partial charge in [-0.15, -0.1) is 11.3 Å². The maximum Gasteiger partial charge on any atom is 0.266 e. The molecule has 2 N–H and O–H groups in total. The quantitative estimate of drug-likeness (QED) is 0.641. The van der Waals surface area contributed by atoms with Crippen LogP contribution in [0.5, 0.6) is 5.75 Å². The third-order valence-electron chi connectivity index (χ3n) is 5.03. The molecule has 0 fully saturated rings. The molecule has 1 aliphatic rings. The van der Waals surface area contributed by atoms with E-state index in [9.17, 15) is 14.0 Å². The number of nitrogens with one attached hydrogen (secondary N) is 2. The van der Waals surface area contributed by atoms with Gasteiger partial charge in [-0.25, -0.2) is 4.39 Å². The molecule has 5 nitrogen and oxygen atoms in total. The minimum atomic E-state index is -0.500. The van der Waals surface area contributed by atoms with Crippen LogP contribution in [-0.2, 0) is 4.79 Å². The van der Waals surface area contributed by atoms with E-state index in [4.69, 9.17) is 4.74 Å². The second-order valence-corrected chi connectivity index (χ2v) is 7.80. The largest absolute Gasteiger partial charge is 0.496 e. The molecule has 0 aliphatic carbocycles. The first-order chi connectivity index (χ1) is 14.0. The Morgan fingerprint density at radius 3 is 2.69 bits per heavy atom. The highest BCUT2D eigenvalue weighted by Crippen LogP contribution is 2.47. The van der Waals surface area contributed by atoms with E-state index in [2.05, 4.69) is 10.6 Å². The zero-order valence-corrected chi connectivity index (χ0v) is 16.7. The van der Waals surface area contributed by atoms with Gasteiger partial charge in [0, 0.05) is 17.9 Å². The van der Waals surface area contributed by atoms with E-state index in [1.807, 2.05) is 31.2 Å². The number of thiophene rings is 1. The number of anilines is 2. The van der Waals surface area contributed by atoms with Crippen molar-refractivity contribution in [3.8, 4) is 5.75 Å². The molecule has 7 heteroatoms. The zero-order chi connectivity index (χ0) is 20.5. The molecule has 1 aliphatic heterocycles. The van der Waals surface area contributed by atoms with Gasteiger partial charge in [-0.3, -0.25) is 9.59 Å². The Hall–Kier alpha value is -3.19. The highest BCUT2D eigenvalue weighted by atomic mass is 32.1. The van der Waals surface area contributed by atoms with Crippen molar-refractivity contribution in [3.05, 3.63) is 75.9 Å². The second-order valence-electron chi connectivity index (χ2n) is 6.78. The summed E-state index contributed by atoms with van der Waals surface area (Å²) in [5, 5.41) is 6.14. The molecule has 4 rings (SSSR count). The standard InChI is InChI=1S/C22H19FN2O3S/c1-12-19-14(13-7-3-6-10-17(13)28-2)11-18(26)25-22(19)29-20(12)21(27)24-16-9-5-4-8-15(16)23/h3-10,14H,11H2,1-2H3,(H,24,27)(H,25,26)/t14-/m1/s1. The second kappa shape index (κ2) is 7.67. The van der Waals surface area contributed by atoms with E-state index in [1.165, 1.54) is 23.5 Å². The Balaban J connectivity index is 1.75. The van der Waals surface area contributed by atoms with Gasteiger partial charge in [0.1, 0.15) is 11.6 Å². The maximum absolute atomic E-state index is 13.9. The minimum absolute atomic E-state index is 0.115. The minimum Gasteiger partial charge on any atom is -0.496 e. The van der Waals surface area contributed by atoms with Gasteiger partial charge in [-0.1, -0.05) is 30.3 Å². The number of ether oxygens (including phenoxy) is 1. The number of rotatable bonds is 4. The highest BCUT2D eigenvalue weighted by molar-refractivity contribution is 7.18. The summed E-state index contributed by atoms with van der Waals surface area (Å²) in [6.07, 6.45) is 0.263. The Morgan fingerprint density at radius 1 is 1.21 bits per heavy atom. The van der Waals surface area contributed by atoms with Crippen molar-refractivity contribution in [2.24, 2.45) is 0 Å². The van der Waals surface area contributed by atoms with Crippen LogP contribution in [0.4, 0.5) is 15.1 Å². The SMILES string of the molecule is COc1ccccc1[C@H]1CC(=O)Nc2sc(C(=O)Nc3ccccc3F)c(C)c21. The topological polar surface area (TPSA) is 67.4 Å². The lowest BCUT2D eigenvalue weighted by atomic mass is 9.84. The van der Waals surface area contributed by atoms with Gasteiger partial charge in [0.2, 0.25) is 5.91 Å². The van der Waals surface area contributed by atoms with Gasteiger partial charge in [-0.2, -0.15) is 0 Å². The van der Waals surface area contributed by atoms with Crippen molar-refractivity contribution in [2.75, 3.05) is 17.7 Å². The van der Waals surface area contributed by atoms with Crippen molar-refractivity contribution in [1.82, 2.24) is 0 Å². The van der Waals surface area contributed by atoms with Crippen LogP contribution in [0.15, 0.2) is 48.5 Å². The number of methoxy groups -OCH3 is 1. The summed E-state index contributed by atoms with van der Waals surface area (Å²) in [7, 11) is 1.59. The van der Waals surface area contributed by atoms with Crippen molar-refractivity contribution >= 4 is 33.8 Å². The average molecular weight is 410 g/mol. The van der Waals surface area contributed by atoms with E-state index in [0.717, 1.165) is 16.7 Å². The van der Waals surface area contributed by atoms with Crippen molar-refractivity contribution in [3.63, 3.8) is 0 Å². The number of carbonyl (C=O) groups is 2. The first-order valence-corrected chi connectivity index (χ1v) is 9.93. The van der Waals surface area contributed by atoms with Crippen molar-refractivity contribution in [2.45, 2.75) is 19.3 Å². The maximum atomic E-state index is 13.9. The number of hydrogen-bond donors (Lipinski definition) is 2. The van der Waals surface area contributed by atoms with E-state index in [0.29, 0.717) is 15.6 Å². The fourth-order valence-electron chi connectivity index (χ4n) is 3.68. The van der Waals surface area contributed by atoms with Crippen LogP contribution in [-0.4, -0.2) is 18.9 Å². The average Bonchev–Trinajstić information content (AvgIpc) is 3.05. The summed E-state index contributed by atoms with van der Waals surface area (Å²) >= 11 is 1.20. The third kappa shape index (κ3) is 3.49. The fourth-order valence-corrected chi connectivity index (χ4v) is 4.86. The first kappa shape index (κ1) is 19.1. The molecule has 148 valence electrons. The van der Waals surface area contributed by atoms with Crippen LogP contribution in [0.2, 0.25) is 0 Å². The molecule has 0 saturated carbocycles. The van der Waals surface area contributed by atoms with E-state index in [1.54, 1.807) is 19.2 Å². The normalized spacial score (nSPS) is 15.4. The molecule has 0 spiro atoms. The summed E-state index contributed by atoms with van der Waals surface area (Å²) in [5.41, 5.74) is 2.69. The molecule has 2 heterocycles. The lowest BCUT2D eigenvalue weighted by Crippen LogP contribution is -2.23. The van der Waals surface area contributed by atoms with E-state index < -0.39 is 11.7 Å². The summed E-state index contributed by atoms with van der Waals surface area (Å²) in [6.45, 7) is 1.85. The lowest BCUT2D eigenvalue weighted by molar-refractivity contribution is -0.116. The predicted molar refractivity (Wildman–Crippen MR) is 111 cm³/mol. The number of amides is 2. The molecule has 0 unspecified atom stereocenters. The smallest absolute Gasteiger partial charge is 0.266 e. The molecule has 0 saturated heterocycles. The Kier molecular flexibility index (Phi) is 5.07. The van der Waals surface area contributed by atoms with Crippen molar-refractivity contribution in [1.29, 1.82) is 0 Å². The number of halogens is 1. The molecule has 2 amide bonds. The van der Waals surface area contributed by atoms with Gasteiger partial charge in [0.15, 0.2) is 0 Å². The van der Waals surface area contributed by atoms with Crippen LogP contribution in [0, 0.1) is 12.7 Å². The number of carbonyl (C=O) groups excluding carboxylic acids is 2. The molecule has 3 aromatic rings. The van der Waals surface area contributed by atoms with Crippen LogP contribution < -0.4 is 15.4 Å². The lowest BCUT2D eigenvalue weighted by Gasteiger charge is -2.25. The molecule has 0 bridgehead atoms. The van der Waals surface area contributed by atoms with E-state index in [-0.39, 0.29) is 23.9 Å². The first-order valence-electron chi connectivity index (χ1n) is 9.11. The monoisotopic (exact) mass is 410 g/mol. The van der Waals surface area contributed by atoms with Crippen LogP contribution in [0.3, 0.4) is 0 Å². The summed E-state index contributed by atoms with van der Waals surface area (Å²) in [4.78, 5) is 25.6. The molecule has 1 aromatic heterocycles. The van der Waals surface area contributed by atoms with Crippen LogP contribution in [0.25, 0.3) is 0 Å². The molecule has 2 aromatic carbocycles. The number of para-hydroxylation sites is 2. The van der Waals surface area contributed by atoms with E-state index >= 15 is 0 Å². The van der Waals surface area contributed by atoms with Gasteiger partial charge >= 0.3 is 0 Å². The molecular formula is C22H19FN2O3S. The Labute approximate surface area is 171 Å². The summed E-state index contributed by atoms with van der Waals surface area (Å²) < 4.78 is 19.4. The number of fused-ring (bicyclic) bond motifs is 1. The summed E-state index contributed by atoms with van der Waals surface area (Å²) in [6, 6.07) is 13.6. The third-order valence-corrected chi connectivity index (χ3v) is 6.25. The number of benzene rings is 2. The van der Waals surface area contributed by atoms with Gasteiger partial charge in [-0.05, 0) is 36.2 Å². The molecule has 1 atom stereocenters.